The minimum atomic E-state index is -0.745. The summed E-state index contributed by atoms with van der Waals surface area (Å²) in [7, 11) is 0. The van der Waals surface area contributed by atoms with Crippen molar-refractivity contribution in [1.29, 1.82) is 0 Å². The summed E-state index contributed by atoms with van der Waals surface area (Å²) in [5.41, 5.74) is 19.9. The number of aromatic nitrogens is 1. The van der Waals surface area contributed by atoms with Crippen molar-refractivity contribution in [2.75, 3.05) is 18.9 Å². The number of primary amides is 2. The van der Waals surface area contributed by atoms with E-state index in [1.807, 2.05) is 52.8 Å². The second-order valence-electron chi connectivity index (χ2n) is 17.3. The van der Waals surface area contributed by atoms with Gasteiger partial charge in [-0.2, -0.15) is 12.6 Å². The zero-order valence-electron chi connectivity index (χ0n) is 52.7. The van der Waals surface area contributed by atoms with Crippen LogP contribution in [0.1, 0.15) is 227 Å². The number of rotatable bonds is 13. The van der Waals surface area contributed by atoms with Crippen LogP contribution in [0, 0.1) is 11.8 Å². The molecule has 78 heavy (non-hydrogen) atoms. The maximum Gasteiger partial charge on any atom is 0.303 e. The van der Waals surface area contributed by atoms with Gasteiger partial charge < -0.3 is 47.7 Å². The molecule has 0 atom stereocenters. The first-order valence-corrected chi connectivity index (χ1v) is 28.8. The number of amides is 2. The molecule has 0 saturated heterocycles. The number of phenols is 1. The van der Waals surface area contributed by atoms with Crippen molar-refractivity contribution in [3.63, 3.8) is 0 Å². The molecule has 0 saturated carbocycles. The van der Waals surface area contributed by atoms with Gasteiger partial charge in [-0.1, -0.05) is 205 Å². The van der Waals surface area contributed by atoms with Crippen LogP contribution in [-0.2, 0) is 38.4 Å². The van der Waals surface area contributed by atoms with Gasteiger partial charge >= 0.3 is 11.9 Å². The molecule has 0 aliphatic heterocycles. The third kappa shape index (κ3) is 119. The molecule has 13 nitrogen and oxygen atoms in total. The molecule has 0 radical (unpaired) electrons. The number of unbranched alkanes of at least 4 members (excludes halogenated alkanes) is 2. The fourth-order valence-electron chi connectivity index (χ4n) is 3.72. The number of para-hydroxylation sites is 1. The Bertz CT molecular complexity index is 1660. The largest absolute Gasteiger partial charge is 0.508 e. The van der Waals surface area contributed by atoms with E-state index in [-0.39, 0.29) is 38.4 Å². The number of fused-ring (bicyclic) bond motifs is 1. The van der Waals surface area contributed by atoms with Gasteiger partial charge in [-0.25, -0.2) is 0 Å². The fraction of sp³-hybridized carbons (Fsp3) is 0.625. The van der Waals surface area contributed by atoms with Crippen molar-refractivity contribution in [2.45, 2.75) is 235 Å². The third-order valence-electron chi connectivity index (χ3n) is 7.89. The Morgan fingerprint density at radius 2 is 0.949 bits per heavy atom. The monoisotopic (exact) mass is 1130 g/mol. The molecule has 0 aliphatic carbocycles. The fourth-order valence-corrected chi connectivity index (χ4v) is 3.72. The average Bonchev–Trinajstić information content (AvgIpc) is 3.82. The van der Waals surface area contributed by atoms with Crippen LogP contribution in [0.25, 0.3) is 10.9 Å². The highest BCUT2D eigenvalue weighted by Crippen LogP contribution is 2.17. The molecule has 0 aliphatic rings. The smallest absolute Gasteiger partial charge is 0.303 e. The number of aromatic hydroxyl groups is 1. The molecule has 3 aromatic carbocycles. The van der Waals surface area contributed by atoms with E-state index in [0.717, 1.165) is 56.2 Å². The first kappa shape index (κ1) is 98.5. The number of phenolic OH excluding ortho intramolecular Hbond substituents is 1. The Morgan fingerprint density at radius 1 is 0.590 bits per heavy atom. The van der Waals surface area contributed by atoms with Crippen molar-refractivity contribution in [1.82, 2.24) is 4.98 Å². The third-order valence-corrected chi connectivity index (χ3v) is 7.89. The number of hydrogen-bond donors (Lipinski definition) is 10. The number of nitrogens with one attached hydrogen (secondary N) is 1. The highest BCUT2D eigenvalue weighted by molar-refractivity contribution is 7.80. The molecule has 0 fully saturated rings. The number of aliphatic hydroxyl groups is 2. The van der Waals surface area contributed by atoms with Gasteiger partial charge in [-0.15, -0.1) is 0 Å². The van der Waals surface area contributed by atoms with Gasteiger partial charge in [0.25, 0.3) is 0 Å². The number of aryl methyl sites for hydroxylation is 3. The van der Waals surface area contributed by atoms with Crippen molar-refractivity contribution in [2.24, 2.45) is 29.0 Å². The molecule has 2 amide bonds. The lowest BCUT2D eigenvalue weighted by Gasteiger charge is -1.93. The molecular weight excluding hydrogens is 1000 g/mol. The highest BCUT2D eigenvalue weighted by Gasteiger charge is 1.98. The van der Waals surface area contributed by atoms with Crippen LogP contribution in [-0.4, -0.2) is 79.3 Å². The number of aliphatic carboxylic acids is 2. The van der Waals surface area contributed by atoms with Crippen LogP contribution in [0.5, 0.6) is 5.75 Å². The second-order valence-corrected chi connectivity index (χ2v) is 17.9. The number of thiol groups is 1. The predicted octanol–water partition coefficient (Wildman–Crippen LogP) is 16.3. The van der Waals surface area contributed by atoms with E-state index in [1.165, 1.54) is 53.3 Å². The van der Waals surface area contributed by atoms with Crippen molar-refractivity contribution >= 4 is 47.3 Å². The normalized spacial score (nSPS) is 8.50. The van der Waals surface area contributed by atoms with Gasteiger partial charge in [0.1, 0.15) is 5.75 Å². The Kier molecular flexibility index (Phi) is 109. The van der Waals surface area contributed by atoms with E-state index in [9.17, 15) is 19.2 Å². The summed E-state index contributed by atoms with van der Waals surface area (Å²) in [4.78, 5) is 41.6. The lowest BCUT2D eigenvalue weighted by Crippen LogP contribution is -2.08. The van der Waals surface area contributed by atoms with E-state index in [1.54, 1.807) is 46.8 Å². The first-order chi connectivity index (χ1) is 36.2. The molecular formula is C64H126N4O9S. The topological polar surface area (TPSA) is 263 Å². The minimum absolute atomic E-state index is 0. The summed E-state index contributed by atoms with van der Waals surface area (Å²) in [6.07, 6.45) is 13.3. The Balaban J connectivity index is -0.0000000703. The molecule has 12 N–H and O–H groups in total. The van der Waals surface area contributed by atoms with Crippen LogP contribution in [0.2, 0.25) is 0 Å². The van der Waals surface area contributed by atoms with Crippen molar-refractivity contribution < 1.29 is 44.7 Å². The standard InChI is InChI=1S/C10H11N.C8H10O.C8H10.C5H13N.C5H12.C4H9NO.C4H8O2.C4H10.C3H7NO.C3H6O2.C3H8O.C2H6O.C2H6S.C2H6.CH4/c1-2-8-7-11-10-6-4-3-5-9(8)10;1-2-7-3-5-8(9)6-4-7;1-2-8-6-4-3-5-7-8;1-2-3-4-5-6;1-4-5(2)3;2*1-2-3-4(5)6;1-4(2)3;2*1-2-3(4)5;1-3(2)4;2*1-2-3;1-2;/h3-7,11H,2H2,1H3;3-6,9H,2H2,1H3;3-7H,2H2,1H3;2-6H2,1H3;5H,4H2,1-3H3;2-3H2,1H3,(H2,5,6);2-3H2,1H3,(H,5,6);4H,1-3H3;2H2,1H3,(H2,4,5);2H2,1H3,(H,4,5);3-4H,1-2H3;2*3H,2H2,1H3;1-2H3;1H4. The number of aromatic amines is 1. The highest BCUT2D eigenvalue weighted by atomic mass is 32.1. The molecule has 1 aromatic heterocycles. The number of nitrogens with two attached hydrogens (primary N) is 3. The summed E-state index contributed by atoms with van der Waals surface area (Å²) in [6, 6.07) is 26.1. The van der Waals surface area contributed by atoms with Gasteiger partial charge in [-0.3, -0.25) is 19.2 Å². The lowest BCUT2D eigenvalue weighted by atomic mass is 10.1. The van der Waals surface area contributed by atoms with E-state index in [2.05, 4.69) is 147 Å². The summed E-state index contributed by atoms with van der Waals surface area (Å²) in [5, 5.41) is 41.5. The Morgan fingerprint density at radius 3 is 1.17 bits per heavy atom. The zero-order chi connectivity index (χ0) is 62.4. The maximum absolute atomic E-state index is 9.82. The lowest BCUT2D eigenvalue weighted by molar-refractivity contribution is -0.137. The Hall–Kier alpha value is -4.89. The molecule has 1 heterocycles. The molecule has 4 rings (SSSR count). The van der Waals surface area contributed by atoms with Gasteiger partial charge in [0.05, 0.1) is 0 Å². The number of carbonyl (C=O) groups is 4. The SMILES string of the molecule is C.CC.CC(C)C.CC(C)O.CCC(=O)O.CCC(C)C.CCC(N)=O.CCCC(=O)O.CCCC(N)=O.CCCCCN.CCO.CCS.CCc1c[nH]c2ccccc12.CCc1ccc(O)cc1.CCc1ccccc1. The van der Waals surface area contributed by atoms with Crippen molar-refractivity contribution in [3.8, 4) is 5.75 Å². The number of benzene rings is 3. The first-order valence-electron chi connectivity index (χ1n) is 28.2. The number of H-pyrrole nitrogens is 1. The number of hydrogen-bond acceptors (Lipinski definition) is 9. The summed E-state index contributed by atoms with van der Waals surface area (Å²) in [5.74, 6) is 1.09. The zero-order valence-corrected chi connectivity index (χ0v) is 53.6. The van der Waals surface area contributed by atoms with Gasteiger partial charge in [-0.05, 0) is 118 Å². The predicted molar refractivity (Wildman–Crippen MR) is 347 cm³/mol. The van der Waals surface area contributed by atoms with E-state index < -0.39 is 11.9 Å². The van der Waals surface area contributed by atoms with Crippen LogP contribution in [0.4, 0.5) is 0 Å². The summed E-state index contributed by atoms with van der Waals surface area (Å²) >= 11 is 3.79. The summed E-state index contributed by atoms with van der Waals surface area (Å²) < 4.78 is 0. The van der Waals surface area contributed by atoms with Crippen LogP contribution in [0.3, 0.4) is 0 Å². The molecule has 0 bridgehead atoms. The second kappa shape index (κ2) is 86.0. The minimum Gasteiger partial charge on any atom is -0.508 e. The molecule has 462 valence electrons. The average molecular weight is 1130 g/mol. The Labute approximate surface area is 485 Å². The van der Waals surface area contributed by atoms with Crippen LogP contribution < -0.4 is 17.2 Å². The van der Waals surface area contributed by atoms with Gasteiger partial charge in [0.2, 0.25) is 11.8 Å². The molecule has 14 heteroatoms. The van der Waals surface area contributed by atoms with E-state index in [0.29, 0.717) is 25.0 Å². The van der Waals surface area contributed by atoms with Crippen LogP contribution >= 0.6 is 12.6 Å². The molecule has 0 unspecified atom stereocenters. The van der Waals surface area contributed by atoms with Crippen LogP contribution in [0.15, 0.2) is 85.1 Å². The van der Waals surface area contributed by atoms with E-state index >= 15 is 0 Å². The van der Waals surface area contributed by atoms with Gasteiger partial charge in [0, 0.05) is 55.5 Å². The van der Waals surface area contributed by atoms with E-state index in [4.69, 9.17) is 37.0 Å². The quantitative estimate of drug-likeness (QED) is 0.0447. The number of carboxylic acids is 2. The number of carboxylic acid groups (broad SMARTS) is 2. The number of carbonyl (C=O) groups excluding carboxylic acids is 2. The molecule has 0 spiro atoms. The van der Waals surface area contributed by atoms with Gasteiger partial charge in [0.15, 0.2) is 0 Å². The summed E-state index contributed by atoms with van der Waals surface area (Å²) in [6.45, 7) is 41.1. The number of aliphatic hydroxyl groups excluding tert-OH is 2. The maximum atomic E-state index is 9.82. The van der Waals surface area contributed by atoms with Crippen molar-refractivity contribution in [3.05, 3.63) is 102 Å². The molecule has 4 aromatic rings.